The van der Waals surface area contributed by atoms with Gasteiger partial charge in [0.2, 0.25) is 0 Å². The van der Waals surface area contributed by atoms with Gasteiger partial charge in [-0.05, 0) is 49.7 Å². The van der Waals surface area contributed by atoms with Crippen LogP contribution in [0.2, 0.25) is 0 Å². The molecule has 0 fully saturated rings. The van der Waals surface area contributed by atoms with Gasteiger partial charge in [0, 0.05) is 11.0 Å². The average molecular weight is 288 g/mol. The Morgan fingerprint density at radius 3 is 2.25 bits per heavy atom. The maximum Gasteiger partial charge on any atom is 0.124 e. The molecule has 0 aliphatic heterocycles. The molecule has 0 saturated carbocycles. The zero-order chi connectivity index (χ0) is 12.0. The molecule has 90 valence electrons. The van der Waals surface area contributed by atoms with E-state index < -0.39 is 0 Å². The van der Waals surface area contributed by atoms with E-state index in [1.165, 1.54) is 6.07 Å². The summed E-state index contributed by atoms with van der Waals surface area (Å²) in [6.07, 6.45) is 2.27. The van der Waals surface area contributed by atoms with Gasteiger partial charge in [-0.1, -0.05) is 29.8 Å². The highest BCUT2D eigenvalue weighted by Gasteiger charge is 2.05. The average Bonchev–Trinajstić information content (AvgIpc) is 2.16. The molecule has 0 N–H and O–H groups in total. The van der Waals surface area contributed by atoms with Gasteiger partial charge >= 0.3 is 0 Å². The van der Waals surface area contributed by atoms with Crippen molar-refractivity contribution in [3.8, 4) is 0 Å². The van der Waals surface area contributed by atoms with Gasteiger partial charge in [-0.2, -0.15) is 0 Å². The Hall–Kier alpha value is -0.410. The number of hydrogen-bond acceptors (Lipinski definition) is 1. The van der Waals surface area contributed by atoms with Crippen LogP contribution in [0.5, 0.6) is 0 Å². The molecule has 3 heteroatoms. The number of rotatable bonds is 6. The van der Waals surface area contributed by atoms with Crippen molar-refractivity contribution in [2.24, 2.45) is 0 Å². The maximum atomic E-state index is 13.2. The summed E-state index contributed by atoms with van der Waals surface area (Å²) in [5, 5.41) is 0. The fourth-order valence-corrected chi connectivity index (χ4v) is 2.38. The summed E-state index contributed by atoms with van der Waals surface area (Å²) >= 11 is 3.32. The van der Waals surface area contributed by atoms with E-state index in [-0.39, 0.29) is 5.82 Å². The van der Waals surface area contributed by atoms with Crippen molar-refractivity contribution in [3.05, 3.63) is 34.1 Å². The van der Waals surface area contributed by atoms with E-state index in [9.17, 15) is 4.39 Å². The third-order valence-electron chi connectivity index (χ3n) is 2.41. The summed E-state index contributed by atoms with van der Waals surface area (Å²) < 4.78 is 14.0. The van der Waals surface area contributed by atoms with Crippen LogP contribution >= 0.6 is 15.9 Å². The minimum Gasteiger partial charge on any atom is -0.299 e. The van der Waals surface area contributed by atoms with Crippen LogP contribution in [0.4, 0.5) is 4.39 Å². The Kier molecular flexibility index (Phi) is 5.99. The van der Waals surface area contributed by atoms with Crippen LogP contribution in [0.3, 0.4) is 0 Å². The number of benzene rings is 1. The molecule has 0 bridgehead atoms. The van der Waals surface area contributed by atoms with Crippen molar-refractivity contribution in [3.63, 3.8) is 0 Å². The Bertz CT molecular complexity index is 301. The minimum absolute atomic E-state index is 0.169. The summed E-state index contributed by atoms with van der Waals surface area (Å²) in [5.74, 6) is -0.169. The van der Waals surface area contributed by atoms with E-state index in [0.717, 1.165) is 42.5 Å². The van der Waals surface area contributed by atoms with Gasteiger partial charge in [0.15, 0.2) is 0 Å². The molecule has 16 heavy (non-hydrogen) atoms. The smallest absolute Gasteiger partial charge is 0.124 e. The number of hydrogen-bond donors (Lipinski definition) is 0. The van der Waals surface area contributed by atoms with E-state index in [0.29, 0.717) is 0 Å². The Morgan fingerprint density at radius 1 is 1.12 bits per heavy atom. The first-order chi connectivity index (χ1) is 7.65. The molecule has 1 nitrogen and oxygen atoms in total. The normalized spacial score (nSPS) is 11.1. The van der Waals surface area contributed by atoms with Crippen molar-refractivity contribution in [2.45, 2.75) is 33.2 Å². The summed E-state index contributed by atoms with van der Waals surface area (Å²) in [6, 6.07) is 5.10. The first-order valence-electron chi connectivity index (χ1n) is 5.83. The van der Waals surface area contributed by atoms with Crippen LogP contribution in [-0.4, -0.2) is 18.0 Å². The molecule has 0 radical (unpaired) electrons. The third kappa shape index (κ3) is 4.62. The second kappa shape index (κ2) is 7.02. The Labute approximate surface area is 106 Å². The highest BCUT2D eigenvalue weighted by molar-refractivity contribution is 9.10. The van der Waals surface area contributed by atoms with Crippen LogP contribution in [0.15, 0.2) is 22.7 Å². The topological polar surface area (TPSA) is 3.24 Å². The molecule has 0 heterocycles. The highest BCUT2D eigenvalue weighted by atomic mass is 79.9. The lowest BCUT2D eigenvalue weighted by Gasteiger charge is -2.21. The fourth-order valence-electron chi connectivity index (χ4n) is 1.86. The molecular weight excluding hydrogens is 269 g/mol. The minimum atomic E-state index is -0.169. The van der Waals surface area contributed by atoms with Crippen LogP contribution < -0.4 is 0 Å². The highest BCUT2D eigenvalue weighted by Crippen LogP contribution is 2.16. The molecule has 0 unspecified atom stereocenters. The van der Waals surface area contributed by atoms with E-state index in [1.807, 2.05) is 6.07 Å². The van der Waals surface area contributed by atoms with Crippen molar-refractivity contribution in [1.29, 1.82) is 0 Å². The van der Waals surface area contributed by atoms with Gasteiger partial charge < -0.3 is 0 Å². The van der Waals surface area contributed by atoms with Crippen molar-refractivity contribution < 1.29 is 4.39 Å². The van der Waals surface area contributed by atoms with Crippen LogP contribution in [-0.2, 0) is 6.54 Å². The second-order valence-corrected chi connectivity index (χ2v) is 4.97. The van der Waals surface area contributed by atoms with Crippen molar-refractivity contribution in [2.75, 3.05) is 13.1 Å². The second-order valence-electron chi connectivity index (χ2n) is 4.05. The van der Waals surface area contributed by atoms with Crippen molar-refractivity contribution in [1.82, 2.24) is 4.90 Å². The molecular formula is C13H19BrFN. The van der Waals surface area contributed by atoms with E-state index in [2.05, 4.69) is 34.7 Å². The molecule has 1 aromatic carbocycles. The summed E-state index contributed by atoms with van der Waals surface area (Å²) in [7, 11) is 0. The van der Waals surface area contributed by atoms with Crippen LogP contribution in [0.1, 0.15) is 32.3 Å². The molecule has 0 saturated heterocycles. The van der Waals surface area contributed by atoms with E-state index >= 15 is 0 Å². The van der Waals surface area contributed by atoms with Gasteiger partial charge in [-0.15, -0.1) is 0 Å². The molecule has 1 rings (SSSR count). The van der Waals surface area contributed by atoms with Gasteiger partial charge in [0.05, 0.1) is 0 Å². The SMILES string of the molecule is CCCN(CCC)Cc1cc(F)cc(Br)c1. The largest absolute Gasteiger partial charge is 0.299 e. The molecule has 0 amide bonds. The molecule has 0 aliphatic carbocycles. The lowest BCUT2D eigenvalue weighted by Crippen LogP contribution is -2.24. The molecule has 0 aliphatic rings. The third-order valence-corrected chi connectivity index (χ3v) is 2.87. The molecule has 0 spiro atoms. The molecule has 0 aromatic heterocycles. The monoisotopic (exact) mass is 287 g/mol. The standard InChI is InChI=1S/C13H19BrFN/c1-3-5-16(6-4-2)10-11-7-12(14)9-13(15)8-11/h7-9H,3-6,10H2,1-2H3. The molecule has 0 atom stereocenters. The number of halogens is 2. The first kappa shape index (κ1) is 13.7. The Balaban J connectivity index is 2.68. The Morgan fingerprint density at radius 2 is 1.75 bits per heavy atom. The van der Waals surface area contributed by atoms with Crippen LogP contribution in [0.25, 0.3) is 0 Å². The fraction of sp³-hybridized carbons (Fsp3) is 0.538. The quantitative estimate of drug-likeness (QED) is 0.758. The van der Waals surface area contributed by atoms with Gasteiger partial charge in [0.1, 0.15) is 5.82 Å². The predicted octanol–water partition coefficient (Wildman–Crippen LogP) is 4.21. The lowest BCUT2D eigenvalue weighted by atomic mass is 10.2. The lowest BCUT2D eigenvalue weighted by molar-refractivity contribution is 0.266. The molecule has 1 aromatic rings. The first-order valence-corrected chi connectivity index (χ1v) is 6.62. The van der Waals surface area contributed by atoms with Gasteiger partial charge in [-0.25, -0.2) is 4.39 Å². The zero-order valence-corrected chi connectivity index (χ0v) is 11.6. The predicted molar refractivity (Wildman–Crippen MR) is 70.0 cm³/mol. The zero-order valence-electron chi connectivity index (χ0n) is 9.97. The van der Waals surface area contributed by atoms with Gasteiger partial charge in [-0.3, -0.25) is 4.90 Å². The van der Waals surface area contributed by atoms with E-state index in [1.54, 1.807) is 6.07 Å². The summed E-state index contributed by atoms with van der Waals surface area (Å²) in [4.78, 5) is 2.36. The van der Waals surface area contributed by atoms with E-state index in [4.69, 9.17) is 0 Å². The summed E-state index contributed by atoms with van der Waals surface area (Å²) in [6.45, 7) is 7.32. The number of nitrogens with zero attached hydrogens (tertiary/aromatic N) is 1. The van der Waals surface area contributed by atoms with Crippen molar-refractivity contribution >= 4 is 15.9 Å². The summed E-state index contributed by atoms with van der Waals surface area (Å²) in [5.41, 5.74) is 1.04. The maximum absolute atomic E-state index is 13.2. The van der Waals surface area contributed by atoms with Gasteiger partial charge in [0.25, 0.3) is 0 Å². The van der Waals surface area contributed by atoms with Crippen LogP contribution in [0, 0.1) is 5.82 Å².